The smallest absolute Gasteiger partial charge is 0.243 e. The minimum atomic E-state index is -0.498. The van der Waals surface area contributed by atoms with E-state index in [2.05, 4.69) is 39.5 Å². The molecule has 5 aromatic rings. The minimum Gasteiger partial charge on any atom is -0.394 e. The zero-order valence-corrected chi connectivity index (χ0v) is 24.2. The van der Waals surface area contributed by atoms with Crippen molar-refractivity contribution >= 4 is 28.3 Å². The van der Waals surface area contributed by atoms with Crippen LogP contribution in [0.3, 0.4) is 0 Å². The fourth-order valence-corrected chi connectivity index (χ4v) is 6.26. The maximum Gasteiger partial charge on any atom is 0.243 e. The van der Waals surface area contributed by atoms with Crippen molar-refractivity contribution in [2.24, 2.45) is 0 Å². The number of Topliss-reactive ketones (excluding diaryl/α,β-unsaturated/α-hetero) is 1. The summed E-state index contributed by atoms with van der Waals surface area (Å²) in [5.74, 6) is -0.0653. The van der Waals surface area contributed by atoms with Crippen LogP contribution in [0.4, 0.5) is 5.69 Å². The average molecular weight is 572 g/mol. The van der Waals surface area contributed by atoms with Crippen molar-refractivity contribution in [1.29, 1.82) is 0 Å². The number of carbonyl (C=O) groups excluding carboxylic acids is 2. The maximum atomic E-state index is 14.0. The van der Waals surface area contributed by atoms with Crippen LogP contribution >= 0.6 is 0 Å². The third-order valence-corrected chi connectivity index (χ3v) is 8.40. The molecular formula is C37H37N3O3. The molecule has 3 N–H and O–H groups in total. The Morgan fingerprint density at radius 1 is 0.837 bits per heavy atom. The predicted molar refractivity (Wildman–Crippen MR) is 172 cm³/mol. The number of nitrogens with zero attached hydrogens (tertiary/aromatic N) is 1. The zero-order valence-electron chi connectivity index (χ0n) is 24.2. The summed E-state index contributed by atoms with van der Waals surface area (Å²) >= 11 is 0. The van der Waals surface area contributed by atoms with Crippen LogP contribution in [0.1, 0.15) is 39.0 Å². The molecule has 0 saturated carbocycles. The normalized spacial score (nSPS) is 16.8. The molecule has 0 spiro atoms. The van der Waals surface area contributed by atoms with Crippen LogP contribution in [0.15, 0.2) is 109 Å². The molecule has 0 unspecified atom stereocenters. The molecule has 1 aliphatic heterocycles. The molecule has 1 aliphatic rings. The number of hydrogen-bond donors (Lipinski definition) is 3. The van der Waals surface area contributed by atoms with Gasteiger partial charge in [-0.05, 0) is 53.6 Å². The number of benzene rings is 4. The van der Waals surface area contributed by atoms with E-state index < -0.39 is 12.1 Å². The summed E-state index contributed by atoms with van der Waals surface area (Å²) in [6, 6.07) is 33.2. The Bertz CT molecular complexity index is 1680. The number of hydrogen-bond acceptors (Lipinski definition) is 4. The monoisotopic (exact) mass is 571 g/mol. The fraction of sp³-hybridized carbons (Fsp3) is 0.243. The average Bonchev–Trinajstić information content (AvgIpc) is 3.47. The van der Waals surface area contributed by atoms with Crippen molar-refractivity contribution in [1.82, 2.24) is 10.3 Å². The van der Waals surface area contributed by atoms with E-state index in [0.29, 0.717) is 31.4 Å². The molecule has 4 aromatic carbocycles. The van der Waals surface area contributed by atoms with E-state index in [4.69, 9.17) is 0 Å². The van der Waals surface area contributed by atoms with Crippen LogP contribution in [0.25, 0.3) is 10.9 Å². The Morgan fingerprint density at radius 3 is 2.16 bits per heavy atom. The molecule has 6 heteroatoms. The van der Waals surface area contributed by atoms with Gasteiger partial charge in [0.05, 0.1) is 18.2 Å². The molecule has 0 saturated heterocycles. The number of aromatic nitrogens is 1. The van der Waals surface area contributed by atoms with Crippen molar-refractivity contribution in [3.8, 4) is 0 Å². The van der Waals surface area contributed by atoms with E-state index in [9.17, 15) is 14.7 Å². The van der Waals surface area contributed by atoms with E-state index in [-0.39, 0.29) is 18.3 Å². The highest BCUT2D eigenvalue weighted by Gasteiger charge is 2.32. The van der Waals surface area contributed by atoms with Gasteiger partial charge in [-0.1, -0.05) is 91.0 Å². The van der Waals surface area contributed by atoms with Crippen LogP contribution < -0.4 is 10.2 Å². The topological polar surface area (TPSA) is 85.4 Å². The number of aryl methyl sites for hydroxylation is 1. The molecule has 2 heterocycles. The lowest BCUT2D eigenvalue weighted by Gasteiger charge is -2.34. The Kier molecular flexibility index (Phi) is 8.66. The number of aromatic amines is 1. The summed E-state index contributed by atoms with van der Waals surface area (Å²) in [6.07, 6.45) is 4.95. The van der Waals surface area contributed by atoms with Crippen LogP contribution in [-0.4, -0.2) is 47.0 Å². The molecule has 6 nitrogen and oxygen atoms in total. The summed E-state index contributed by atoms with van der Waals surface area (Å²) in [6.45, 7) is 0.479. The van der Waals surface area contributed by atoms with Gasteiger partial charge in [0.1, 0.15) is 6.04 Å². The van der Waals surface area contributed by atoms with Gasteiger partial charge in [0.15, 0.2) is 5.78 Å². The van der Waals surface area contributed by atoms with Gasteiger partial charge in [-0.2, -0.15) is 0 Å². The highest BCUT2D eigenvalue weighted by atomic mass is 16.3. The van der Waals surface area contributed by atoms with Crippen LogP contribution in [0.2, 0.25) is 0 Å². The minimum absolute atomic E-state index is 0.0374. The summed E-state index contributed by atoms with van der Waals surface area (Å²) in [4.78, 5) is 33.2. The molecule has 6 rings (SSSR count). The first kappa shape index (κ1) is 28.4. The first-order valence-corrected chi connectivity index (χ1v) is 15.1. The molecular weight excluding hydrogens is 534 g/mol. The van der Waals surface area contributed by atoms with Gasteiger partial charge in [0.25, 0.3) is 0 Å². The third kappa shape index (κ3) is 6.40. The number of aliphatic hydroxyl groups excluding tert-OH is 1. The lowest BCUT2D eigenvalue weighted by atomic mass is 9.96. The van der Waals surface area contributed by atoms with Crippen LogP contribution in [-0.2, 0) is 30.5 Å². The van der Waals surface area contributed by atoms with E-state index >= 15 is 0 Å². The fourth-order valence-electron chi connectivity index (χ4n) is 6.26. The van der Waals surface area contributed by atoms with Crippen molar-refractivity contribution < 1.29 is 14.7 Å². The molecule has 43 heavy (non-hydrogen) atoms. The SMILES string of the molecule is O=C(Cc1ccccc1)c1ccc2c3c(c[nH]c13)C[C@@H](CO)NC(=O)[C@H](Cc1ccccc1)N2CCCc1ccccc1. The number of carbonyl (C=O) groups is 2. The largest absolute Gasteiger partial charge is 0.394 e. The second-order valence-corrected chi connectivity index (χ2v) is 11.4. The number of rotatable bonds is 10. The summed E-state index contributed by atoms with van der Waals surface area (Å²) in [7, 11) is 0. The number of ketones is 1. The summed E-state index contributed by atoms with van der Waals surface area (Å²) in [5.41, 5.74) is 6.62. The van der Waals surface area contributed by atoms with Crippen molar-refractivity contribution in [3.63, 3.8) is 0 Å². The van der Waals surface area contributed by atoms with Gasteiger partial charge in [0.2, 0.25) is 5.91 Å². The lowest BCUT2D eigenvalue weighted by molar-refractivity contribution is -0.123. The van der Waals surface area contributed by atoms with Gasteiger partial charge in [-0.15, -0.1) is 0 Å². The number of H-pyrrole nitrogens is 1. The number of anilines is 1. The summed E-state index contributed by atoms with van der Waals surface area (Å²) < 4.78 is 0. The Balaban J connectivity index is 1.44. The molecule has 218 valence electrons. The molecule has 1 amide bonds. The van der Waals surface area contributed by atoms with Gasteiger partial charge in [-0.3, -0.25) is 9.59 Å². The van der Waals surface area contributed by atoms with Crippen molar-refractivity contribution in [2.75, 3.05) is 18.1 Å². The summed E-state index contributed by atoms with van der Waals surface area (Å²) in [5, 5.41) is 14.4. The molecule has 2 atom stereocenters. The highest BCUT2D eigenvalue weighted by molar-refractivity contribution is 6.12. The first-order chi connectivity index (χ1) is 21.1. The molecule has 0 aliphatic carbocycles. The standard InChI is InChI=1S/C37H37N3O3/c41-25-30-23-29-24-38-36-31(34(42)22-28-15-8-3-9-16-28)18-19-32(35(29)36)40(20-10-17-26-11-4-1-5-12-26)33(37(43)39-30)21-27-13-6-2-7-14-27/h1-9,11-16,18-19,24,30,33,38,41H,10,17,20-23,25H2,(H,39,43)/t30-,33-/m0/s1. The molecule has 1 aromatic heterocycles. The molecule has 0 fully saturated rings. The molecule has 0 radical (unpaired) electrons. The van der Waals surface area contributed by atoms with Gasteiger partial charge in [0, 0.05) is 42.2 Å². The first-order valence-electron chi connectivity index (χ1n) is 15.1. The Labute approximate surface area is 252 Å². The van der Waals surface area contributed by atoms with Crippen molar-refractivity contribution in [2.45, 2.75) is 44.2 Å². The van der Waals surface area contributed by atoms with Gasteiger partial charge >= 0.3 is 0 Å². The predicted octanol–water partition coefficient (Wildman–Crippen LogP) is 5.68. The van der Waals surface area contributed by atoms with Crippen molar-refractivity contribution in [3.05, 3.63) is 137 Å². The second-order valence-electron chi connectivity index (χ2n) is 11.4. The maximum absolute atomic E-state index is 14.0. The molecule has 0 bridgehead atoms. The van der Waals surface area contributed by atoms with E-state index in [1.807, 2.05) is 85.1 Å². The van der Waals surface area contributed by atoms with Crippen LogP contribution in [0.5, 0.6) is 0 Å². The zero-order chi connectivity index (χ0) is 29.6. The van der Waals surface area contributed by atoms with Crippen LogP contribution in [0, 0.1) is 0 Å². The Morgan fingerprint density at radius 2 is 1.49 bits per heavy atom. The third-order valence-electron chi connectivity index (χ3n) is 8.40. The number of aliphatic hydroxyl groups is 1. The lowest BCUT2D eigenvalue weighted by Crippen LogP contribution is -2.52. The van der Waals surface area contributed by atoms with Gasteiger partial charge in [-0.25, -0.2) is 0 Å². The second kappa shape index (κ2) is 13.1. The van der Waals surface area contributed by atoms with E-state index in [1.54, 1.807) is 0 Å². The Hall–Kier alpha value is -4.68. The van der Waals surface area contributed by atoms with E-state index in [0.717, 1.165) is 46.1 Å². The van der Waals surface area contributed by atoms with Gasteiger partial charge < -0.3 is 20.3 Å². The quantitative estimate of drug-likeness (QED) is 0.188. The number of amides is 1. The van der Waals surface area contributed by atoms with E-state index in [1.165, 1.54) is 5.56 Å². The highest BCUT2D eigenvalue weighted by Crippen LogP contribution is 2.36. The number of nitrogens with one attached hydrogen (secondary N) is 2.